The van der Waals surface area contributed by atoms with Gasteiger partial charge in [-0.05, 0) is 24.1 Å². The third-order valence-electron chi connectivity index (χ3n) is 1.71. The Kier molecular flexibility index (Phi) is 2.87. The molecule has 70 valence electrons. The third-order valence-corrected chi connectivity index (χ3v) is 1.71. The minimum Gasteiger partial charge on any atom is -0.508 e. The number of aromatic hydroxyl groups is 1. The number of hydrogen-bond donors (Lipinski definition) is 3. The molecule has 1 aromatic rings. The van der Waals surface area contributed by atoms with E-state index < -0.39 is 12.0 Å². The van der Waals surface area contributed by atoms with Crippen molar-refractivity contribution in [1.29, 1.82) is 0 Å². The van der Waals surface area contributed by atoms with Crippen LogP contribution in [0, 0.1) is 0 Å². The molecule has 0 saturated heterocycles. The number of nitrogens with two attached hydrogens (primary N) is 1. The Morgan fingerprint density at radius 2 is 1.92 bits per heavy atom. The molecule has 0 heterocycles. The van der Waals surface area contributed by atoms with Crippen LogP contribution in [-0.2, 0) is 11.2 Å². The van der Waals surface area contributed by atoms with Crippen molar-refractivity contribution >= 4 is 5.97 Å². The van der Waals surface area contributed by atoms with E-state index in [-0.39, 0.29) is 12.2 Å². The van der Waals surface area contributed by atoms with E-state index in [1.54, 1.807) is 12.1 Å². The Morgan fingerprint density at radius 3 is 2.38 bits per heavy atom. The van der Waals surface area contributed by atoms with Gasteiger partial charge in [0, 0.05) is 0 Å². The highest BCUT2D eigenvalue weighted by Crippen LogP contribution is 2.10. The largest absolute Gasteiger partial charge is 0.508 e. The van der Waals surface area contributed by atoms with Crippen molar-refractivity contribution in [3.8, 4) is 5.75 Å². The number of aliphatic carboxylic acids is 1. The highest BCUT2D eigenvalue weighted by atomic mass is 16.5. The standard InChI is InChI=1S/C9H11NO3/c10-8(9(12)13)5-6-1-3-7(11)4-2-6/h1-4,8,11H,5,10H2,(H,12,13)/t8-/m1/s1/i1+1,2+1,3+1,4+1,5+1,6+1,7+1,8+1,9+1,10+1. The molecule has 0 amide bonds. The summed E-state index contributed by atoms with van der Waals surface area (Å²) < 4.78 is 0. The number of phenolic OH excluding ortho intramolecular Hbond substituents is 1. The molecule has 13 heavy (non-hydrogen) atoms. The van der Waals surface area contributed by atoms with Crippen molar-refractivity contribution in [3.63, 3.8) is 0 Å². The van der Waals surface area contributed by atoms with E-state index in [1.165, 1.54) is 12.1 Å². The van der Waals surface area contributed by atoms with Gasteiger partial charge in [-0.1, -0.05) is 12.1 Å². The molecule has 0 radical (unpaired) electrons. The third kappa shape index (κ3) is 2.76. The molecule has 0 fully saturated rings. The van der Waals surface area contributed by atoms with Crippen LogP contribution in [0.1, 0.15) is 5.56 Å². The molecule has 0 unspecified atom stereocenters. The van der Waals surface area contributed by atoms with Crippen molar-refractivity contribution < 1.29 is 15.0 Å². The van der Waals surface area contributed by atoms with Gasteiger partial charge in [-0.25, -0.2) is 0 Å². The predicted octanol–water partition coefficient (Wildman–Crippen LogP) is 0.347. The van der Waals surface area contributed by atoms with Gasteiger partial charge in [-0.2, -0.15) is 0 Å². The first kappa shape index (κ1) is 9.54. The Hall–Kier alpha value is -1.55. The lowest BCUT2D eigenvalue weighted by Crippen LogP contribution is -2.32. The summed E-state index contributed by atoms with van der Waals surface area (Å²) in [6, 6.07) is 5.42. The van der Waals surface area contributed by atoms with E-state index in [4.69, 9.17) is 15.9 Å². The minimum absolute atomic E-state index is 0.160. The second-order valence-corrected chi connectivity index (χ2v) is 2.82. The molecule has 4 nitrogen and oxygen atoms in total. The van der Waals surface area contributed by atoms with Gasteiger partial charge in [0.05, 0.1) is 0 Å². The minimum atomic E-state index is -1.02. The number of benzene rings is 1. The number of hydrogen-bond acceptors (Lipinski definition) is 3. The summed E-state index contributed by atoms with van der Waals surface area (Å²) >= 11 is 0. The van der Waals surface area contributed by atoms with Crippen molar-refractivity contribution in [2.75, 3.05) is 0 Å². The summed E-state index contributed by atoms with van der Waals surface area (Å²) in [5, 5.41) is 17.5. The fraction of sp³-hybridized carbons (Fsp3) is 0.222. The Balaban J connectivity index is 2.64. The maximum absolute atomic E-state index is 10.4. The van der Waals surface area contributed by atoms with Crippen LogP contribution >= 0.6 is 0 Å². The SMILES string of the molecule is [15NH2][13C@H]([13CH2][13c]1[13cH][13cH][13c](O)[13cH][13cH]1)[13C](=O)O. The van der Waals surface area contributed by atoms with Crippen LogP contribution in [0.4, 0.5) is 0 Å². The molecule has 0 spiro atoms. The number of rotatable bonds is 3. The molecule has 0 saturated carbocycles. The smallest absolute Gasteiger partial charge is 0.320 e. The normalized spacial score (nSPS) is 12.4. The van der Waals surface area contributed by atoms with Crippen molar-refractivity contribution in [3.05, 3.63) is 29.8 Å². The average Bonchev–Trinajstić information content (AvgIpc) is 2.08. The lowest BCUT2D eigenvalue weighted by atomic mass is 11.1. The van der Waals surface area contributed by atoms with E-state index in [0.717, 1.165) is 5.56 Å². The summed E-state index contributed by atoms with van der Waals surface area (Å²) in [6.07, 6.45) is 0.273. The summed E-state index contributed by atoms with van der Waals surface area (Å²) in [6.45, 7) is 0. The zero-order valence-electron chi connectivity index (χ0n) is 6.97. The van der Waals surface area contributed by atoms with Gasteiger partial charge in [0.2, 0.25) is 0 Å². The molecule has 1 atom stereocenters. The first-order chi connectivity index (χ1) is 6.09. The molecule has 1 aromatic carbocycles. The van der Waals surface area contributed by atoms with Gasteiger partial charge in [0.15, 0.2) is 0 Å². The maximum atomic E-state index is 10.4. The monoisotopic (exact) mass is 191 g/mol. The lowest BCUT2D eigenvalue weighted by Gasteiger charge is -2.05. The topological polar surface area (TPSA) is 83.5 Å². The van der Waals surface area contributed by atoms with Crippen molar-refractivity contribution in [2.24, 2.45) is 5.73 Å². The zero-order chi connectivity index (χ0) is 9.84. The van der Waals surface area contributed by atoms with Gasteiger partial charge in [0.1, 0.15) is 11.8 Å². The lowest BCUT2D eigenvalue weighted by molar-refractivity contribution is -0.138. The number of carbonyl (C=O) groups is 1. The van der Waals surface area contributed by atoms with Crippen LogP contribution in [0.15, 0.2) is 24.3 Å². The number of carboxylic acids is 1. The van der Waals surface area contributed by atoms with Gasteiger partial charge in [-0.3, -0.25) is 4.79 Å². The van der Waals surface area contributed by atoms with Gasteiger partial charge < -0.3 is 15.9 Å². The van der Waals surface area contributed by atoms with E-state index in [1.807, 2.05) is 0 Å². The van der Waals surface area contributed by atoms with Crippen LogP contribution in [0.2, 0.25) is 0 Å². The fourth-order valence-corrected chi connectivity index (χ4v) is 0.973. The maximum Gasteiger partial charge on any atom is 0.320 e. The Bertz CT molecular complexity index is 294. The molecule has 4 heteroatoms. The first-order valence-electron chi connectivity index (χ1n) is 3.86. The second-order valence-electron chi connectivity index (χ2n) is 2.82. The summed E-state index contributed by atoms with van der Waals surface area (Å²) in [7, 11) is 0. The molecular weight excluding hydrogens is 180 g/mol. The van der Waals surface area contributed by atoms with E-state index in [0.29, 0.717) is 0 Å². The highest BCUT2D eigenvalue weighted by Gasteiger charge is 2.11. The van der Waals surface area contributed by atoms with E-state index in [9.17, 15) is 4.79 Å². The van der Waals surface area contributed by atoms with Gasteiger partial charge >= 0.3 is 5.97 Å². The van der Waals surface area contributed by atoms with Crippen LogP contribution in [0.25, 0.3) is 0 Å². The molecule has 0 aliphatic carbocycles. The first-order valence-corrected chi connectivity index (χ1v) is 3.86. The van der Waals surface area contributed by atoms with Crippen LogP contribution in [0.3, 0.4) is 0 Å². The molecule has 0 aromatic heterocycles. The van der Waals surface area contributed by atoms with E-state index >= 15 is 0 Å². The number of phenols is 1. The number of carboxylic acid groups (broad SMARTS) is 1. The summed E-state index contributed by atoms with van der Waals surface area (Å²) in [5.74, 6) is -0.860. The fourth-order valence-electron chi connectivity index (χ4n) is 0.973. The molecule has 1 rings (SSSR count). The van der Waals surface area contributed by atoms with Crippen LogP contribution < -0.4 is 5.73 Å². The van der Waals surface area contributed by atoms with Crippen LogP contribution in [-0.4, -0.2) is 22.2 Å². The van der Waals surface area contributed by atoms with E-state index in [2.05, 4.69) is 0 Å². The van der Waals surface area contributed by atoms with Gasteiger partial charge in [-0.15, -0.1) is 0 Å². The molecule has 4 N–H and O–H groups in total. The second kappa shape index (κ2) is 3.91. The Morgan fingerprint density at radius 1 is 1.38 bits per heavy atom. The van der Waals surface area contributed by atoms with Crippen molar-refractivity contribution in [1.82, 2.24) is 0 Å². The quantitative estimate of drug-likeness (QED) is 0.475. The van der Waals surface area contributed by atoms with Gasteiger partial charge in [0.25, 0.3) is 0 Å². The van der Waals surface area contributed by atoms with Crippen LogP contribution in [0.5, 0.6) is 5.75 Å². The highest BCUT2D eigenvalue weighted by molar-refractivity contribution is 5.73. The Labute approximate surface area is 75.6 Å². The zero-order valence-corrected chi connectivity index (χ0v) is 6.97. The molecule has 0 bridgehead atoms. The molecule has 0 aliphatic rings. The van der Waals surface area contributed by atoms with Crippen molar-refractivity contribution in [2.45, 2.75) is 12.5 Å². The average molecular weight is 191 g/mol. The molecular formula is C9H11NO3. The predicted molar refractivity (Wildman–Crippen MR) is 47.4 cm³/mol. The summed E-state index contributed by atoms with van der Waals surface area (Å²) in [5.41, 5.74) is 6.12. The summed E-state index contributed by atoms with van der Waals surface area (Å²) in [4.78, 5) is 10.4. The molecule has 0 aliphatic heterocycles.